The summed E-state index contributed by atoms with van der Waals surface area (Å²) in [5.41, 5.74) is 0.0894. The number of rotatable bonds is 7. The lowest BCUT2D eigenvalue weighted by Crippen LogP contribution is -2.22. The van der Waals surface area contributed by atoms with Crippen molar-refractivity contribution < 1.29 is 9.66 Å². The Hall–Kier alpha value is -1.40. The van der Waals surface area contributed by atoms with Crippen LogP contribution in [0.2, 0.25) is 0 Å². The summed E-state index contributed by atoms with van der Waals surface area (Å²) in [6, 6.07) is 4.70. The number of ether oxygens (including phenoxy) is 1. The molecular weight excluding hydrogens is 361 g/mol. The Morgan fingerprint density at radius 1 is 1.53 bits per heavy atom. The fourth-order valence-electron chi connectivity index (χ4n) is 1.45. The molecule has 0 spiro atoms. The molecule has 0 atom stereocenters. The average Bonchev–Trinajstić information content (AvgIpc) is 2.39. The van der Waals surface area contributed by atoms with Gasteiger partial charge in [-0.3, -0.25) is 10.1 Å². The highest BCUT2D eigenvalue weighted by molar-refractivity contribution is 14.1. The topological polar surface area (TPSA) is 88.2 Å². The van der Waals surface area contributed by atoms with E-state index in [1.807, 2.05) is 28.7 Å². The number of halogens is 1. The van der Waals surface area contributed by atoms with Crippen LogP contribution in [0.15, 0.2) is 12.1 Å². The molecule has 0 heterocycles. The van der Waals surface area contributed by atoms with Crippen molar-refractivity contribution in [1.29, 1.82) is 5.26 Å². The quantitative estimate of drug-likeness (QED) is 0.342. The lowest BCUT2D eigenvalue weighted by molar-refractivity contribution is -0.386. The zero-order chi connectivity index (χ0) is 14.3. The minimum Gasteiger partial charge on any atom is -0.485 e. The van der Waals surface area contributed by atoms with E-state index in [1.54, 1.807) is 6.07 Å². The second kappa shape index (κ2) is 7.91. The fourth-order valence-corrected chi connectivity index (χ4v) is 2.22. The van der Waals surface area contributed by atoms with Gasteiger partial charge >= 0.3 is 5.69 Å². The molecule has 0 bridgehead atoms. The number of hydrogen-bond donors (Lipinski definition) is 1. The fraction of sp³-hybridized carbons (Fsp3) is 0.417. The summed E-state index contributed by atoms with van der Waals surface area (Å²) in [7, 11) is 0. The summed E-state index contributed by atoms with van der Waals surface area (Å²) in [5, 5.41) is 22.9. The highest BCUT2D eigenvalue weighted by atomic mass is 127. The maximum absolute atomic E-state index is 11.0. The molecule has 6 nitrogen and oxygen atoms in total. The molecule has 19 heavy (non-hydrogen) atoms. The van der Waals surface area contributed by atoms with Crippen LogP contribution in [0, 0.1) is 25.0 Å². The third-order valence-electron chi connectivity index (χ3n) is 2.30. The minimum absolute atomic E-state index is 0.168. The predicted octanol–water partition coefficient (Wildman–Crippen LogP) is 2.45. The first-order valence-corrected chi connectivity index (χ1v) is 6.89. The van der Waals surface area contributed by atoms with Crippen LogP contribution in [-0.2, 0) is 0 Å². The van der Waals surface area contributed by atoms with Gasteiger partial charge in [0.2, 0.25) is 5.75 Å². The Morgan fingerprint density at radius 2 is 2.26 bits per heavy atom. The van der Waals surface area contributed by atoms with Gasteiger partial charge in [0.05, 0.1) is 20.1 Å². The average molecular weight is 375 g/mol. The number of benzene rings is 1. The van der Waals surface area contributed by atoms with Gasteiger partial charge in [-0.2, -0.15) is 5.26 Å². The van der Waals surface area contributed by atoms with E-state index < -0.39 is 4.92 Å². The van der Waals surface area contributed by atoms with Crippen molar-refractivity contribution in [1.82, 2.24) is 5.32 Å². The zero-order valence-electron chi connectivity index (χ0n) is 10.5. The van der Waals surface area contributed by atoms with Gasteiger partial charge in [0.25, 0.3) is 0 Å². The van der Waals surface area contributed by atoms with Crippen LogP contribution in [0.1, 0.15) is 18.9 Å². The number of nitro groups is 1. The molecule has 0 unspecified atom stereocenters. The molecule has 0 saturated carbocycles. The standard InChI is InChI=1S/C12H14IN3O3/c1-2-3-15-4-5-19-12-10(13)6-9(8-14)7-11(12)16(17)18/h6-7,15H,2-5H2,1H3. The first-order chi connectivity index (χ1) is 9.10. The van der Waals surface area contributed by atoms with E-state index in [9.17, 15) is 10.1 Å². The molecule has 1 rings (SSSR count). The molecule has 7 heteroatoms. The molecule has 0 radical (unpaired) electrons. The van der Waals surface area contributed by atoms with Crippen molar-refractivity contribution >= 4 is 28.3 Å². The molecule has 0 aliphatic rings. The second-order valence-electron chi connectivity index (χ2n) is 3.77. The van der Waals surface area contributed by atoms with Gasteiger partial charge in [0, 0.05) is 12.6 Å². The summed E-state index contributed by atoms with van der Waals surface area (Å²) in [6.07, 6.45) is 1.02. The maximum atomic E-state index is 11.0. The van der Waals surface area contributed by atoms with Crippen molar-refractivity contribution in [3.8, 4) is 11.8 Å². The Morgan fingerprint density at radius 3 is 2.84 bits per heavy atom. The number of nitrogens with zero attached hydrogens (tertiary/aromatic N) is 2. The number of nitro benzene ring substituents is 1. The van der Waals surface area contributed by atoms with Gasteiger partial charge in [-0.25, -0.2) is 0 Å². The molecule has 102 valence electrons. The summed E-state index contributed by atoms with van der Waals surface area (Å²) < 4.78 is 6.02. The van der Waals surface area contributed by atoms with Crippen LogP contribution in [0.25, 0.3) is 0 Å². The monoisotopic (exact) mass is 375 g/mol. The van der Waals surface area contributed by atoms with Gasteiger partial charge in [-0.15, -0.1) is 0 Å². The lowest BCUT2D eigenvalue weighted by atomic mass is 10.2. The Balaban J connectivity index is 2.81. The van der Waals surface area contributed by atoms with Crippen molar-refractivity contribution in [3.05, 3.63) is 31.4 Å². The van der Waals surface area contributed by atoms with E-state index >= 15 is 0 Å². The second-order valence-corrected chi connectivity index (χ2v) is 4.94. The van der Waals surface area contributed by atoms with Gasteiger partial charge in [0.15, 0.2) is 0 Å². The molecule has 0 amide bonds. The molecule has 0 fully saturated rings. The minimum atomic E-state index is -0.530. The summed E-state index contributed by atoms with van der Waals surface area (Å²) >= 11 is 1.94. The molecule has 0 aliphatic heterocycles. The summed E-state index contributed by atoms with van der Waals surface area (Å²) in [5.74, 6) is 0.225. The Labute approximate surface area is 125 Å². The van der Waals surface area contributed by atoms with E-state index in [2.05, 4.69) is 12.2 Å². The largest absolute Gasteiger partial charge is 0.485 e. The number of hydrogen-bond acceptors (Lipinski definition) is 5. The van der Waals surface area contributed by atoms with E-state index in [0.717, 1.165) is 13.0 Å². The van der Waals surface area contributed by atoms with E-state index in [0.29, 0.717) is 16.7 Å². The molecule has 1 aromatic rings. The molecular formula is C12H14IN3O3. The van der Waals surface area contributed by atoms with Crippen LogP contribution in [0.5, 0.6) is 5.75 Å². The van der Waals surface area contributed by atoms with Crippen molar-refractivity contribution in [3.63, 3.8) is 0 Å². The van der Waals surface area contributed by atoms with Crippen LogP contribution in [0.4, 0.5) is 5.69 Å². The van der Waals surface area contributed by atoms with Crippen molar-refractivity contribution in [2.24, 2.45) is 0 Å². The van der Waals surface area contributed by atoms with Crippen LogP contribution < -0.4 is 10.1 Å². The first kappa shape index (κ1) is 15.7. The van der Waals surface area contributed by atoms with E-state index in [4.69, 9.17) is 10.00 Å². The molecule has 0 saturated heterocycles. The molecule has 1 aromatic carbocycles. The Kier molecular flexibility index (Phi) is 6.52. The smallest absolute Gasteiger partial charge is 0.313 e. The lowest BCUT2D eigenvalue weighted by Gasteiger charge is -2.09. The van der Waals surface area contributed by atoms with Crippen LogP contribution in [-0.4, -0.2) is 24.6 Å². The van der Waals surface area contributed by atoms with Gasteiger partial charge in [-0.05, 0) is 41.6 Å². The summed E-state index contributed by atoms with van der Waals surface area (Å²) in [4.78, 5) is 10.4. The van der Waals surface area contributed by atoms with E-state index in [-0.39, 0.29) is 17.0 Å². The van der Waals surface area contributed by atoms with Crippen molar-refractivity contribution in [2.45, 2.75) is 13.3 Å². The predicted molar refractivity (Wildman–Crippen MR) is 79.2 cm³/mol. The first-order valence-electron chi connectivity index (χ1n) is 5.81. The van der Waals surface area contributed by atoms with Gasteiger partial charge in [-0.1, -0.05) is 6.92 Å². The third-order valence-corrected chi connectivity index (χ3v) is 3.10. The van der Waals surface area contributed by atoms with Crippen LogP contribution >= 0.6 is 22.6 Å². The molecule has 0 aliphatic carbocycles. The summed E-state index contributed by atoms with van der Waals surface area (Å²) in [6.45, 7) is 3.92. The van der Waals surface area contributed by atoms with Gasteiger partial charge in [0.1, 0.15) is 6.61 Å². The Bertz CT molecular complexity index is 500. The molecule has 0 aromatic heterocycles. The maximum Gasteiger partial charge on any atom is 0.313 e. The SMILES string of the molecule is CCCNCCOc1c(I)cc(C#N)cc1[N+](=O)[O-]. The zero-order valence-corrected chi connectivity index (χ0v) is 12.6. The van der Waals surface area contributed by atoms with E-state index in [1.165, 1.54) is 6.07 Å². The number of nitrogens with one attached hydrogen (secondary N) is 1. The third kappa shape index (κ3) is 4.65. The normalized spacial score (nSPS) is 9.95. The highest BCUT2D eigenvalue weighted by Crippen LogP contribution is 2.33. The highest BCUT2D eigenvalue weighted by Gasteiger charge is 2.20. The van der Waals surface area contributed by atoms with Gasteiger partial charge < -0.3 is 10.1 Å². The van der Waals surface area contributed by atoms with Crippen LogP contribution in [0.3, 0.4) is 0 Å². The number of nitriles is 1. The molecule has 1 N–H and O–H groups in total. The van der Waals surface area contributed by atoms with Crippen molar-refractivity contribution in [2.75, 3.05) is 19.7 Å².